The molecule has 13 rings (SSSR count). The molecule has 0 saturated heterocycles. The zero-order valence-corrected chi connectivity index (χ0v) is 34.4. The van der Waals surface area contributed by atoms with E-state index in [0.717, 1.165) is 50.1 Å². The lowest BCUT2D eigenvalue weighted by Gasteiger charge is -2.32. The third-order valence-electron chi connectivity index (χ3n) is 13.5. The number of furan rings is 1. The molecule has 0 atom stereocenters. The van der Waals surface area contributed by atoms with E-state index in [9.17, 15) is 0 Å². The first-order chi connectivity index (χ1) is 31.3. The maximum Gasteiger partial charge on any atom is 0.135 e. The molecule has 2 nitrogen and oxygen atoms in total. The molecule has 0 radical (unpaired) electrons. The third kappa shape index (κ3) is 5.19. The van der Waals surface area contributed by atoms with Gasteiger partial charge < -0.3 is 9.32 Å². The summed E-state index contributed by atoms with van der Waals surface area (Å²) >= 11 is 0. The van der Waals surface area contributed by atoms with Gasteiger partial charge in [0.25, 0.3) is 0 Å². The second-order valence-corrected chi connectivity index (χ2v) is 16.7. The number of benzene rings is 10. The largest absolute Gasteiger partial charge is 0.456 e. The molecule has 63 heavy (non-hydrogen) atoms. The van der Waals surface area contributed by atoms with Gasteiger partial charge in [-0.3, -0.25) is 0 Å². The van der Waals surface area contributed by atoms with Crippen LogP contribution in [0.2, 0.25) is 0 Å². The van der Waals surface area contributed by atoms with Crippen LogP contribution in [-0.2, 0) is 5.41 Å². The van der Waals surface area contributed by atoms with E-state index < -0.39 is 5.41 Å². The highest BCUT2D eigenvalue weighted by Gasteiger charge is 2.51. The van der Waals surface area contributed by atoms with Crippen molar-refractivity contribution >= 4 is 39.0 Å². The number of hydrogen-bond acceptors (Lipinski definition) is 2. The van der Waals surface area contributed by atoms with E-state index in [4.69, 9.17) is 4.42 Å². The minimum Gasteiger partial charge on any atom is -0.456 e. The molecule has 0 fully saturated rings. The van der Waals surface area contributed by atoms with Crippen molar-refractivity contribution in [2.45, 2.75) is 5.41 Å². The summed E-state index contributed by atoms with van der Waals surface area (Å²) in [6.45, 7) is 0. The number of para-hydroxylation sites is 1. The summed E-state index contributed by atoms with van der Waals surface area (Å²) in [6, 6.07) is 86.6. The van der Waals surface area contributed by atoms with Crippen molar-refractivity contribution in [1.29, 1.82) is 0 Å². The molecule has 0 unspecified atom stereocenters. The van der Waals surface area contributed by atoms with Crippen molar-refractivity contribution in [1.82, 2.24) is 0 Å². The molecule has 2 aliphatic rings. The topological polar surface area (TPSA) is 16.4 Å². The van der Waals surface area contributed by atoms with Crippen LogP contribution in [-0.4, -0.2) is 0 Å². The summed E-state index contributed by atoms with van der Waals surface area (Å²) in [7, 11) is 0. The van der Waals surface area contributed by atoms with Gasteiger partial charge in [-0.2, -0.15) is 0 Å². The molecule has 0 aliphatic heterocycles. The Labute approximate surface area is 366 Å². The molecule has 294 valence electrons. The lowest BCUT2D eigenvalue weighted by Crippen LogP contribution is -2.25. The van der Waals surface area contributed by atoms with Gasteiger partial charge in [-0.05, 0) is 115 Å². The van der Waals surface area contributed by atoms with Gasteiger partial charge in [0.1, 0.15) is 11.2 Å². The molecule has 0 N–H and O–H groups in total. The highest BCUT2D eigenvalue weighted by atomic mass is 16.3. The molecule has 11 aromatic rings. The van der Waals surface area contributed by atoms with E-state index in [0.29, 0.717) is 0 Å². The van der Waals surface area contributed by atoms with E-state index >= 15 is 0 Å². The van der Waals surface area contributed by atoms with Crippen molar-refractivity contribution in [3.63, 3.8) is 0 Å². The first-order valence-corrected chi connectivity index (χ1v) is 21.8. The average Bonchev–Trinajstić information content (AvgIpc) is 3.98. The van der Waals surface area contributed by atoms with Gasteiger partial charge in [-0.25, -0.2) is 0 Å². The Morgan fingerprint density at radius 1 is 0.302 bits per heavy atom. The molecule has 0 amide bonds. The van der Waals surface area contributed by atoms with Gasteiger partial charge in [0, 0.05) is 27.7 Å². The standard InChI is InChI=1S/C61H39NO/c1-3-18-40(19-4-1)44-22-7-8-27-50(44)60-45(41-20-5-2-6-21-41)28-17-32-57(60)62(43-35-37-59-52(39-43)49-26-12-16-33-58(49)63-59)42-34-36-56-51(38-42)48-25-11-15-31-55(48)61(56)53-29-13-9-23-46(53)47-24-10-14-30-54(47)61/h1-39H. The fraction of sp³-hybridized carbons (Fsp3) is 0.0164. The summed E-state index contributed by atoms with van der Waals surface area (Å²) in [6.07, 6.45) is 0. The van der Waals surface area contributed by atoms with Crippen LogP contribution >= 0.6 is 0 Å². The first kappa shape index (κ1) is 35.5. The molecule has 0 saturated carbocycles. The number of nitrogens with zero attached hydrogens (tertiary/aromatic N) is 1. The lowest BCUT2D eigenvalue weighted by atomic mass is 9.70. The molecular weight excluding hydrogens is 763 g/mol. The molecule has 2 heteroatoms. The molecular formula is C61H39NO. The van der Waals surface area contributed by atoms with Gasteiger partial charge in [0.2, 0.25) is 0 Å². The number of rotatable bonds is 6. The number of hydrogen-bond donors (Lipinski definition) is 0. The quantitative estimate of drug-likeness (QED) is 0.167. The Kier molecular flexibility index (Phi) is 7.85. The van der Waals surface area contributed by atoms with Crippen molar-refractivity contribution in [3.05, 3.63) is 259 Å². The van der Waals surface area contributed by atoms with E-state index in [1.807, 2.05) is 6.07 Å². The molecule has 0 bridgehead atoms. The van der Waals surface area contributed by atoms with Crippen LogP contribution in [0.5, 0.6) is 0 Å². The number of anilines is 3. The van der Waals surface area contributed by atoms with Crippen molar-refractivity contribution in [2.24, 2.45) is 0 Å². The second-order valence-electron chi connectivity index (χ2n) is 16.7. The van der Waals surface area contributed by atoms with Gasteiger partial charge in [-0.15, -0.1) is 0 Å². The summed E-state index contributed by atoms with van der Waals surface area (Å²) in [5.74, 6) is 0. The minimum absolute atomic E-state index is 0.426. The third-order valence-corrected chi connectivity index (χ3v) is 13.5. The highest BCUT2D eigenvalue weighted by molar-refractivity contribution is 6.08. The van der Waals surface area contributed by atoms with Crippen molar-refractivity contribution < 1.29 is 4.42 Å². The maximum absolute atomic E-state index is 6.43. The lowest BCUT2D eigenvalue weighted by molar-refractivity contribution is 0.669. The van der Waals surface area contributed by atoms with Crippen LogP contribution in [0.1, 0.15) is 22.3 Å². The Morgan fingerprint density at radius 3 is 1.46 bits per heavy atom. The Balaban J connectivity index is 1.12. The fourth-order valence-electron chi connectivity index (χ4n) is 10.9. The SMILES string of the molecule is c1ccc(-c2ccccc2-c2c(-c3ccccc3)cccc2N(c2ccc3c(c2)-c2ccccc2C32c3ccccc3-c3ccccc32)c2ccc3oc4ccccc4c3c2)cc1. The van der Waals surface area contributed by atoms with Crippen molar-refractivity contribution in [2.75, 3.05) is 4.90 Å². The van der Waals surface area contributed by atoms with Gasteiger partial charge >= 0.3 is 0 Å². The molecule has 1 aromatic heterocycles. The summed E-state index contributed by atoms with van der Waals surface area (Å²) in [5.41, 5.74) is 22.0. The Hall–Kier alpha value is -8.20. The smallest absolute Gasteiger partial charge is 0.135 e. The maximum atomic E-state index is 6.43. The van der Waals surface area contributed by atoms with Crippen LogP contribution in [0.15, 0.2) is 241 Å². The predicted octanol–water partition coefficient (Wildman–Crippen LogP) is 16.4. The fourth-order valence-corrected chi connectivity index (χ4v) is 10.9. The normalized spacial score (nSPS) is 12.9. The molecule has 10 aromatic carbocycles. The molecule has 1 heterocycles. The van der Waals surface area contributed by atoms with Crippen LogP contribution in [0.25, 0.3) is 77.6 Å². The van der Waals surface area contributed by atoms with Gasteiger partial charge in [-0.1, -0.05) is 194 Å². The van der Waals surface area contributed by atoms with Gasteiger partial charge in [0.05, 0.1) is 11.1 Å². The van der Waals surface area contributed by atoms with Crippen LogP contribution in [0, 0.1) is 0 Å². The van der Waals surface area contributed by atoms with E-state index in [1.165, 1.54) is 66.8 Å². The average molecular weight is 802 g/mol. The number of fused-ring (bicyclic) bond motifs is 13. The zero-order valence-electron chi connectivity index (χ0n) is 34.4. The first-order valence-electron chi connectivity index (χ1n) is 21.8. The zero-order chi connectivity index (χ0) is 41.5. The van der Waals surface area contributed by atoms with Gasteiger partial charge in [0.15, 0.2) is 0 Å². The Morgan fingerprint density at radius 2 is 0.778 bits per heavy atom. The van der Waals surface area contributed by atoms with Crippen molar-refractivity contribution in [3.8, 4) is 55.6 Å². The van der Waals surface area contributed by atoms with Crippen LogP contribution < -0.4 is 4.90 Å². The van der Waals surface area contributed by atoms with E-state index in [-0.39, 0.29) is 0 Å². The predicted molar refractivity (Wildman–Crippen MR) is 261 cm³/mol. The second kappa shape index (κ2) is 13.9. The summed E-state index contributed by atoms with van der Waals surface area (Å²) in [5, 5.41) is 2.19. The minimum atomic E-state index is -0.426. The monoisotopic (exact) mass is 801 g/mol. The Bertz CT molecular complexity index is 3540. The summed E-state index contributed by atoms with van der Waals surface area (Å²) in [4.78, 5) is 2.48. The molecule has 1 spiro atoms. The van der Waals surface area contributed by atoms with E-state index in [1.54, 1.807) is 0 Å². The van der Waals surface area contributed by atoms with Crippen LogP contribution in [0.4, 0.5) is 17.1 Å². The van der Waals surface area contributed by atoms with E-state index in [2.05, 4.69) is 235 Å². The van der Waals surface area contributed by atoms with Crippen LogP contribution in [0.3, 0.4) is 0 Å². The molecule has 2 aliphatic carbocycles. The summed E-state index contributed by atoms with van der Waals surface area (Å²) < 4.78 is 6.43. The highest BCUT2D eigenvalue weighted by Crippen LogP contribution is 2.63.